The molecule has 6 heavy (non-hydrogen) atoms. The molecule has 0 unspecified atom stereocenters. The molecule has 0 aromatic heterocycles. The van der Waals surface area contributed by atoms with Crippen molar-refractivity contribution in [3.05, 3.63) is 0 Å². The average molecular weight is 221 g/mol. The van der Waals surface area contributed by atoms with Crippen molar-refractivity contribution >= 4 is 60.6 Å². The van der Waals surface area contributed by atoms with Gasteiger partial charge >= 0.3 is 0 Å². The number of nitrogens with zero attached hydrogens (tertiary/aromatic N) is 2. The summed E-state index contributed by atoms with van der Waals surface area (Å²) in [6, 6.07) is 0. The second kappa shape index (κ2) is 9.31. The van der Waals surface area contributed by atoms with Crippen LogP contribution in [0.25, 0.3) is 0 Å². The van der Waals surface area contributed by atoms with E-state index in [0.29, 0.717) is 11.8 Å². The SMILES string of the molecule is N#CSC#N.[Ba]. The molecule has 0 saturated carbocycles. The molecule has 0 amide bonds. The number of rotatable bonds is 0. The summed E-state index contributed by atoms with van der Waals surface area (Å²) in [4.78, 5) is 0. The molecule has 0 aliphatic carbocycles. The van der Waals surface area contributed by atoms with Crippen molar-refractivity contribution in [3.8, 4) is 10.8 Å². The summed E-state index contributed by atoms with van der Waals surface area (Å²) in [6.45, 7) is 0. The van der Waals surface area contributed by atoms with E-state index < -0.39 is 0 Å². The van der Waals surface area contributed by atoms with Gasteiger partial charge in [0.1, 0.15) is 10.8 Å². The van der Waals surface area contributed by atoms with Crippen LogP contribution in [-0.4, -0.2) is 48.9 Å². The standard InChI is InChI=1S/C2N2S.Ba/c3-1-5-2-4;. The average Bonchev–Trinajstić information content (AvgIpc) is 1.41. The molecular formula is C2BaN2S. The van der Waals surface area contributed by atoms with Crippen LogP contribution in [0.3, 0.4) is 0 Å². The number of nitriles is 2. The van der Waals surface area contributed by atoms with E-state index in [2.05, 4.69) is 0 Å². The molecule has 0 aromatic rings. The third-order valence-electron chi connectivity index (χ3n) is 0.0913. The first-order valence-corrected chi connectivity index (χ1v) is 1.67. The van der Waals surface area contributed by atoms with Crippen molar-refractivity contribution in [1.82, 2.24) is 0 Å². The topological polar surface area (TPSA) is 47.6 Å². The van der Waals surface area contributed by atoms with E-state index >= 15 is 0 Å². The van der Waals surface area contributed by atoms with Crippen LogP contribution in [-0.2, 0) is 0 Å². The van der Waals surface area contributed by atoms with E-state index in [1.54, 1.807) is 10.8 Å². The summed E-state index contributed by atoms with van der Waals surface area (Å²) in [5.74, 6) is 0. The summed E-state index contributed by atoms with van der Waals surface area (Å²) in [7, 11) is 0. The maximum atomic E-state index is 7.56. The van der Waals surface area contributed by atoms with Gasteiger partial charge in [-0.25, -0.2) is 0 Å². The summed E-state index contributed by atoms with van der Waals surface area (Å²) in [5.41, 5.74) is 0. The Balaban J connectivity index is 0. The molecule has 26 valence electrons. The third kappa shape index (κ3) is 8.86. The maximum absolute atomic E-state index is 7.56. The van der Waals surface area contributed by atoms with Crippen LogP contribution in [0.4, 0.5) is 0 Å². The van der Waals surface area contributed by atoms with E-state index in [1.807, 2.05) is 0 Å². The Hall–Kier alpha value is 0.901. The van der Waals surface area contributed by atoms with E-state index in [0.717, 1.165) is 0 Å². The molecule has 0 aliphatic heterocycles. The Morgan fingerprint density at radius 2 is 1.50 bits per heavy atom. The molecule has 0 spiro atoms. The fraction of sp³-hybridized carbons (Fsp3) is 0. The fourth-order valence-electron chi connectivity index (χ4n) is 0.0204. The minimum absolute atomic E-state index is 0. The van der Waals surface area contributed by atoms with Crippen molar-refractivity contribution in [2.24, 2.45) is 0 Å². The first-order valence-electron chi connectivity index (χ1n) is 0.855. The number of thioether (sulfide) groups is 1. The predicted octanol–water partition coefficient (Wildman–Crippen LogP) is 0.301. The van der Waals surface area contributed by atoms with Gasteiger partial charge in [-0.1, -0.05) is 0 Å². The Morgan fingerprint density at radius 1 is 1.17 bits per heavy atom. The predicted molar refractivity (Wildman–Crippen MR) is 24.6 cm³/mol. The molecule has 0 rings (SSSR count). The Bertz CT molecular complexity index is 76.7. The molecule has 4 heteroatoms. The zero-order valence-corrected chi connectivity index (χ0v) is 8.27. The van der Waals surface area contributed by atoms with Crippen LogP contribution in [0.2, 0.25) is 0 Å². The van der Waals surface area contributed by atoms with Gasteiger partial charge in [0.05, 0.1) is 11.8 Å². The maximum Gasteiger partial charge on any atom is 0.149 e. The Labute approximate surface area is 80.6 Å². The molecule has 0 N–H and O–H groups in total. The summed E-state index contributed by atoms with van der Waals surface area (Å²) >= 11 is 0.574. The van der Waals surface area contributed by atoms with E-state index in [-0.39, 0.29) is 48.9 Å². The monoisotopic (exact) mass is 222 g/mol. The molecule has 0 bridgehead atoms. The third-order valence-corrected chi connectivity index (χ3v) is 0.274. The van der Waals surface area contributed by atoms with Crippen molar-refractivity contribution < 1.29 is 0 Å². The van der Waals surface area contributed by atoms with Crippen LogP contribution < -0.4 is 0 Å². The summed E-state index contributed by atoms with van der Waals surface area (Å²) in [6.07, 6.45) is 0. The Kier molecular flexibility index (Phi) is 15.5. The van der Waals surface area contributed by atoms with Crippen molar-refractivity contribution in [3.63, 3.8) is 0 Å². The van der Waals surface area contributed by atoms with Crippen molar-refractivity contribution in [1.29, 1.82) is 10.5 Å². The van der Waals surface area contributed by atoms with Gasteiger partial charge in [0.15, 0.2) is 0 Å². The van der Waals surface area contributed by atoms with Gasteiger partial charge in [-0.15, -0.1) is 0 Å². The largest absolute Gasteiger partial charge is 0.184 e. The van der Waals surface area contributed by atoms with Crippen molar-refractivity contribution in [2.45, 2.75) is 0 Å². The minimum Gasteiger partial charge on any atom is -0.184 e. The van der Waals surface area contributed by atoms with E-state index in [4.69, 9.17) is 10.5 Å². The quantitative estimate of drug-likeness (QED) is 0.437. The van der Waals surface area contributed by atoms with Gasteiger partial charge in [-0.05, 0) is 0 Å². The molecule has 0 aliphatic rings. The first kappa shape index (κ1) is 10.0. The number of hydrogen-bond acceptors (Lipinski definition) is 3. The fourth-order valence-corrected chi connectivity index (χ4v) is 0.0612. The molecular weight excluding hydrogens is 221 g/mol. The van der Waals surface area contributed by atoms with Gasteiger partial charge in [0, 0.05) is 48.9 Å². The summed E-state index contributed by atoms with van der Waals surface area (Å²) in [5, 5.41) is 18.3. The Morgan fingerprint density at radius 3 is 1.50 bits per heavy atom. The minimum atomic E-state index is 0. The molecule has 2 radical (unpaired) electrons. The summed E-state index contributed by atoms with van der Waals surface area (Å²) < 4.78 is 0. The molecule has 0 saturated heterocycles. The van der Waals surface area contributed by atoms with E-state index in [1.165, 1.54) is 0 Å². The van der Waals surface area contributed by atoms with Gasteiger partial charge < -0.3 is 0 Å². The van der Waals surface area contributed by atoms with Crippen LogP contribution in [0.5, 0.6) is 0 Å². The molecule has 2 nitrogen and oxygen atoms in total. The number of hydrogen-bond donors (Lipinski definition) is 0. The van der Waals surface area contributed by atoms with Gasteiger partial charge in [0.25, 0.3) is 0 Å². The molecule has 0 fully saturated rings. The zero-order chi connectivity index (χ0) is 4.12. The van der Waals surface area contributed by atoms with Gasteiger partial charge in [0.2, 0.25) is 0 Å². The molecule has 0 aromatic carbocycles. The normalized spacial score (nSPS) is 3.67. The van der Waals surface area contributed by atoms with Crippen LogP contribution >= 0.6 is 11.8 Å². The van der Waals surface area contributed by atoms with Gasteiger partial charge in [-0.3, -0.25) is 0 Å². The smallest absolute Gasteiger partial charge is 0.149 e. The van der Waals surface area contributed by atoms with Crippen LogP contribution in [0, 0.1) is 21.3 Å². The van der Waals surface area contributed by atoms with Gasteiger partial charge in [-0.2, -0.15) is 10.5 Å². The van der Waals surface area contributed by atoms with Crippen LogP contribution in [0.15, 0.2) is 0 Å². The molecule has 0 atom stereocenters. The van der Waals surface area contributed by atoms with E-state index in [9.17, 15) is 0 Å². The second-order valence-corrected chi connectivity index (χ2v) is 0.854. The first-order chi connectivity index (χ1) is 2.41. The van der Waals surface area contributed by atoms with Crippen LogP contribution in [0.1, 0.15) is 0 Å². The zero-order valence-electron chi connectivity index (χ0n) is 3.01. The number of thiocyanates is 2. The second-order valence-electron chi connectivity index (χ2n) is 0.285. The molecule has 0 heterocycles. The van der Waals surface area contributed by atoms with Crippen molar-refractivity contribution in [2.75, 3.05) is 0 Å².